The second kappa shape index (κ2) is 4.90. The molecule has 0 spiro atoms. The van der Waals surface area contributed by atoms with Gasteiger partial charge in [-0.15, -0.1) is 11.3 Å². The van der Waals surface area contributed by atoms with Gasteiger partial charge in [-0.1, -0.05) is 0 Å². The molecule has 1 fully saturated rings. The molecule has 3 N–H and O–H groups in total. The summed E-state index contributed by atoms with van der Waals surface area (Å²) in [6, 6.07) is 0. The van der Waals surface area contributed by atoms with Crippen LogP contribution in [0.2, 0.25) is 0 Å². The maximum absolute atomic E-state index is 11.6. The first kappa shape index (κ1) is 11.5. The van der Waals surface area contributed by atoms with Crippen LogP contribution in [-0.4, -0.2) is 36.1 Å². The predicted molar refractivity (Wildman–Crippen MR) is 64.6 cm³/mol. The van der Waals surface area contributed by atoms with Gasteiger partial charge in [0.05, 0.1) is 6.54 Å². The lowest BCUT2D eigenvalue weighted by molar-refractivity contribution is -0.115. The van der Waals surface area contributed by atoms with Gasteiger partial charge in [0.1, 0.15) is 0 Å². The molecule has 1 aromatic heterocycles. The van der Waals surface area contributed by atoms with E-state index in [9.17, 15) is 4.79 Å². The highest BCUT2D eigenvalue weighted by atomic mass is 32.1. The fourth-order valence-electron chi connectivity index (χ4n) is 1.71. The van der Waals surface area contributed by atoms with E-state index in [1.807, 2.05) is 5.38 Å². The summed E-state index contributed by atoms with van der Waals surface area (Å²) in [5.41, 5.74) is 0.0419. The SMILES string of the molecule is CC1(NCC(=O)Nc2nccs2)CCNC1. The molecule has 2 rings (SSSR count). The highest BCUT2D eigenvalue weighted by Crippen LogP contribution is 2.13. The van der Waals surface area contributed by atoms with E-state index >= 15 is 0 Å². The molecule has 1 unspecified atom stereocenters. The number of nitrogens with one attached hydrogen (secondary N) is 3. The van der Waals surface area contributed by atoms with E-state index < -0.39 is 0 Å². The van der Waals surface area contributed by atoms with Crippen LogP contribution in [0.1, 0.15) is 13.3 Å². The van der Waals surface area contributed by atoms with Crippen molar-refractivity contribution in [1.29, 1.82) is 0 Å². The van der Waals surface area contributed by atoms with Gasteiger partial charge in [-0.2, -0.15) is 0 Å². The molecule has 1 aromatic rings. The number of hydrogen-bond donors (Lipinski definition) is 3. The van der Waals surface area contributed by atoms with Crippen LogP contribution in [0.5, 0.6) is 0 Å². The van der Waals surface area contributed by atoms with Gasteiger partial charge in [0.25, 0.3) is 0 Å². The van der Waals surface area contributed by atoms with E-state index in [-0.39, 0.29) is 11.4 Å². The number of amides is 1. The Hall–Kier alpha value is -0.980. The number of carbonyl (C=O) groups is 1. The Kier molecular flexibility index (Phi) is 3.52. The summed E-state index contributed by atoms with van der Waals surface area (Å²) >= 11 is 1.43. The van der Waals surface area contributed by atoms with Crippen LogP contribution in [0, 0.1) is 0 Å². The van der Waals surface area contributed by atoms with E-state index in [0.717, 1.165) is 19.5 Å². The standard InChI is InChI=1S/C10H16N4OS/c1-10(2-3-11-7-10)13-6-8(15)14-9-12-4-5-16-9/h4-5,11,13H,2-3,6-7H2,1H3,(H,12,14,15). The number of carbonyl (C=O) groups excluding carboxylic acids is 1. The zero-order chi connectivity index (χ0) is 11.4. The van der Waals surface area contributed by atoms with Crippen molar-refractivity contribution >= 4 is 22.4 Å². The van der Waals surface area contributed by atoms with Crippen molar-refractivity contribution in [2.45, 2.75) is 18.9 Å². The normalized spacial score (nSPS) is 24.6. The first-order valence-electron chi connectivity index (χ1n) is 5.33. The average Bonchev–Trinajstić information content (AvgIpc) is 2.88. The Morgan fingerprint density at radius 1 is 1.75 bits per heavy atom. The van der Waals surface area contributed by atoms with Crippen molar-refractivity contribution < 1.29 is 4.79 Å². The number of nitrogens with zero attached hydrogens (tertiary/aromatic N) is 1. The topological polar surface area (TPSA) is 66.0 Å². The molecule has 16 heavy (non-hydrogen) atoms. The van der Waals surface area contributed by atoms with Crippen LogP contribution in [0.25, 0.3) is 0 Å². The number of anilines is 1. The molecule has 6 heteroatoms. The summed E-state index contributed by atoms with van der Waals surface area (Å²) in [7, 11) is 0. The van der Waals surface area contributed by atoms with Crippen molar-refractivity contribution in [1.82, 2.24) is 15.6 Å². The maximum atomic E-state index is 11.6. The molecular formula is C10H16N4OS. The Bertz CT molecular complexity index is 346. The third kappa shape index (κ3) is 3.01. The second-order valence-electron chi connectivity index (χ2n) is 4.23. The van der Waals surface area contributed by atoms with Gasteiger partial charge in [-0.25, -0.2) is 4.98 Å². The molecule has 1 amide bonds. The van der Waals surface area contributed by atoms with Gasteiger partial charge in [-0.05, 0) is 19.9 Å². The highest BCUT2D eigenvalue weighted by molar-refractivity contribution is 7.13. The predicted octanol–water partition coefficient (Wildman–Crippen LogP) is 0.423. The van der Waals surface area contributed by atoms with E-state index in [1.54, 1.807) is 6.20 Å². The van der Waals surface area contributed by atoms with Crippen LogP contribution < -0.4 is 16.0 Å². The molecule has 1 aliphatic heterocycles. The van der Waals surface area contributed by atoms with E-state index in [1.165, 1.54) is 11.3 Å². The molecule has 0 aromatic carbocycles. The number of aromatic nitrogens is 1. The lowest BCUT2D eigenvalue weighted by Crippen LogP contribution is -2.47. The fraction of sp³-hybridized carbons (Fsp3) is 0.600. The van der Waals surface area contributed by atoms with Crippen molar-refractivity contribution in [3.05, 3.63) is 11.6 Å². The van der Waals surface area contributed by atoms with Gasteiger partial charge in [0, 0.05) is 23.7 Å². The summed E-state index contributed by atoms with van der Waals surface area (Å²) in [6.07, 6.45) is 2.73. The van der Waals surface area contributed by atoms with E-state index in [0.29, 0.717) is 11.7 Å². The van der Waals surface area contributed by atoms with Gasteiger partial charge in [0.15, 0.2) is 5.13 Å². The molecule has 88 valence electrons. The fourth-order valence-corrected chi connectivity index (χ4v) is 2.26. The zero-order valence-corrected chi connectivity index (χ0v) is 10.1. The first-order chi connectivity index (χ1) is 7.68. The summed E-state index contributed by atoms with van der Waals surface area (Å²) < 4.78 is 0. The van der Waals surface area contributed by atoms with E-state index in [2.05, 4.69) is 27.9 Å². The summed E-state index contributed by atoms with van der Waals surface area (Å²) in [5.74, 6) is -0.0388. The molecular weight excluding hydrogens is 224 g/mol. The Morgan fingerprint density at radius 2 is 2.62 bits per heavy atom. The van der Waals surface area contributed by atoms with Crippen molar-refractivity contribution in [2.24, 2.45) is 0 Å². The third-order valence-electron chi connectivity index (χ3n) is 2.72. The van der Waals surface area contributed by atoms with E-state index in [4.69, 9.17) is 0 Å². The monoisotopic (exact) mass is 240 g/mol. The molecule has 1 atom stereocenters. The number of thiazole rings is 1. The van der Waals surface area contributed by atoms with Gasteiger partial charge >= 0.3 is 0 Å². The van der Waals surface area contributed by atoms with Crippen LogP contribution >= 0.6 is 11.3 Å². The molecule has 2 heterocycles. The summed E-state index contributed by atoms with van der Waals surface area (Å²) in [5, 5.41) is 11.8. The van der Waals surface area contributed by atoms with Crippen LogP contribution in [-0.2, 0) is 4.79 Å². The van der Waals surface area contributed by atoms with Crippen LogP contribution in [0.4, 0.5) is 5.13 Å². The molecule has 1 aliphatic rings. The Labute approximate surface area is 98.7 Å². The number of rotatable bonds is 4. The second-order valence-corrected chi connectivity index (χ2v) is 5.12. The molecule has 5 nitrogen and oxygen atoms in total. The molecule has 0 saturated carbocycles. The van der Waals surface area contributed by atoms with Crippen molar-refractivity contribution in [3.8, 4) is 0 Å². The summed E-state index contributed by atoms with van der Waals surface area (Å²) in [4.78, 5) is 15.6. The minimum absolute atomic E-state index is 0.0388. The minimum Gasteiger partial charge on any atom is -0.315 e. The van der Waals surface area contributed by atoms with Crippen LogP contribution in [0.15, 0.2) is 11.6 Å². The maximum Gasteiger partial charge on any atom is 0.240 e. The van der Waals surface area contributed by atoms with Crippen molar-refractivity contribution in [3.63, 3.8) is 0 Å². The van der Waals surface area contributed by atoms with Gasteiger partial charge < -0.3 is 16.0 Å². The molecule has 0 radical (unpaired) electrons. The smallest absolute Gasteiger partial charge is 0.240 e. The highest BCUT2D eigenvalue weighted by Gasteiger charge is 2.28. The summed E-state index contributed by atoms with van der Waals surface area (Å²) in [6.45, 7) is 4.39. The lowest BCUT2D eigenvalue weighted by atomic mass is 10.0. The molecule has 1 saturated heterocycles. The average molecular weight is 240 g/mol. The lowest BCUT2D eigenvalue weighted by Gasteiger charge is -2.23. The van der Waals surface area contributed by atoms with Gasteiger partial charge in [0.2, 0.25) is 5.91 Å². The largest absolute Gasteiger partial charge is 0.315 e. The third-order valence-corrected chi connectivity index (χ3v) is 3.41. The van der Waals surface area contributed by atoms with Crippen molar-refractivity contribution in [2.75, 3.05) is 25.0 Å². The molecule has 0 bridgehead atoms. The van der Waals surface area contributed by atoms with Crippen LogP contribution in [0.3, 0.4) is 0 Å². The minimum atomic E-state index is -0.0388. The van der Waals surface area contributed by atoms with Gasteiger partial charge in [-0.3, -0.25) is 4.79 Å². The first-order valence-corrected chi connectivity index (χ1v) is 6.21. The molecule has 0 aliphatic carbocycles. The number of hydrogen-bond acceptors (Lipinski definition) is 5. The Balaban J connectivity index is 1.75. The Morgan fingerprint density at radius 3 is 3.25 bits per heavy atom. The quantitative estimate of drug-likeness (QED) is 0.714. The zero-order valence-electron chi connectivity index (χ0n) is 9.25.